The Morgan fingerprint density at radius 3 is 1.50 bits per heavy atom. The lowest BCUT2D eigenvalue weighted by molar-refractivity contribution is 0.475. The fourth-order valence-corrected chi connectivity index (χ4v) is 2.57. The van der Waals surface area contributed by atoms with E-state index in [0.717, 1.165) is 16.8 Å². The highest BCUT2D eigenvalue weighted by molar-refractivity contribution is 5.80. The Labute approximate surface area is 164 Å². The maximum absolute atomic E-state index is 9.35. The van der Waals surface area contributed by atoms with Crippen molar-refractivity contribution >= 4 is 34.9 Å². The summed E-state index contributed by atoms with van der Waals surface area (Å²) in [6, 6.07) is 18.0. The van der Waals surface area contributed by atoms with E-state index in [-0.39, 0.29) is 5.75 Å². The third-order valence-corrected chi connectivity index (χ3v) is 4.08. The lowest BCUT2D eigenvalue weighted by Gasteiger charge is -2.07. The van der Waals surface area contributed by atoms with Crippen LogP contribution in [0, 0.1) is 6.92 Å². The van der Waals surface area contributed by atoms with Crippen LogP contribution in [0.4, 0.5) is 22.7 Å². The van der Waals surface area contributed by atoms with E-state index in [1.807, 2.05) is 43.3 Å². The van der Waals surface area contributed by atoms with Gasteiger partial charge in [-0.05, 0) is 55.5 Å². The number of hydrogen-bond donors (Lipinski definition) is 1. The average molecular weight is 368 g/mol. The van der Waals surface area contributed by atoms with Gasteiger partial charge >= 0.3 is 0 Å². The zero-order valence-corrected chi connectivity index (χ0v) is 15.6. The van der Waals surface area contributed by atoms with Crippen molar-refractivity contribution in [3.63, 3.8) is 0 Å². The summed E-state index contributed by atoms with van der Waals surface area (Å²) in [5.74, 6) is 0.183. The standard InChI is InChI=1S/C23H20N4O/c1-4-20-21(5-2)23(27-25-18-10-12-19(28)13-11-18)15-14-22(20)26-24-17-8-6-16(3)7-9-17/h4-15,28H,1-2H2,3H3. The van der Waals surface area contributed by atoms with E-state index in [4.69, 9.17) is 0 Å². The lowest BCUT2D eigenvalue weighted by atomic mass is 10.0. The molecule has 0 bridgehead atoms. The van der Waals surface area contributed by atoms with Crippen molar-refractivity contribution in [2.24, 2.45) is 20.5 Å². The Hall–Kier alpha value is -3.86. The van der Waals surface area contributed by atoms with E-state index >= 15 is 0 Å². The van der Waals surface area contributed by atoms with Crippen LogP contribution in [-0.4, -0.2) is 5.11 Å². The van der Waals surface area contributed by atoms with Gasteiger partial charge in [0.2, 0.25) is 0 Å². The highest BCUT2D eigenvalue weighted by atomic mass is 16.3. The van der Waals surface area contributed by atoms with E-state index in [9.17, 15) is 5.11 Å². The molecule has 1 N–H and O–H groups in total. The summed E-state index contributed by atoms with van der Waals surface area (Å²) in [7, 11) is 0. The van der Waals surface area contributed by atoms with Gasteiger partial charge in [0.05, 0.1) is 22.7 Å². The summed E-state index contributed by atoms with van der Waals surface area (Å²) >= 11 is 0. The van der Waals surface area contributed by atoms with E-state index in [2.05, 4.69) is 33.6 Å². The van der Waals surface area contributed by atoms with Gasteiger partial charge in [0.15, 0.2) is 0 Å². The van der Waals surface area contributed by atoms with Gasteiger partial charge < -0.3 is 5.11 Å². The van der Waals surface area contributed by atoms with Gasteiger partial charge in [-0.2, -0.15) is 10.2 Å². The Kier molecular flexibility index (Phi) is 5.87. The Morgan fingerprint density at radius 1 is 0.643 bits per heavy atom. The third kappa shape index (κ3) is 4.45. The van der Waals surface area contributed by atoms with Crippen molar-refractivity contribution in [3.8, 4) is 5.75 Å². The van der Waals surface area contributed by atoms with Gasteiger partial charge in [0, 0.05) is 11.1 Å². The van der Waals surface area contributed by atoms with Crippen LogP contribution < -0.4 is 0 Å². The maximum atomic E-state index is 9.35. The Morgan fingerprint density at radius 2 is 1.07 bits per heavy atom. The van der Waals surface area contributed by atoms with Crippen molar-refractivity contribution < 1.29 is 5.11 Å². The number of phenolic OH excluding ortho intramolecular Hbond substituents is 1. The molecule has 0 radical (unpaired) electrons. The summed E-state index contributed by atoms with van der Waals surface area (Å²) in [6.45, 7) is 9.79. The van der Waals surface area contributed by atoms with Gasteiger partial charge in [-0.1, -0.05) is 43.0 Å². The van der Waals surface area contributed by atoms with E-state index in [0.29, 0.717) is 17.1 Å². The Balaban J connectivity index is 1.93. The predicted molar refractivity (Wildman–Crippen MR) is 114 cm³/mol. The van der Waals surface area contributed by atoms with Crippen LogP contribution in [0.15, 0.2) is 94.3 Å². The number of hydrogen-bond acceptors (Lipinski definition) is 5. The van der Waals surface area contributed by atoms with Crippen LogP contribution in [0.1, 0.15) is 16.7 Å². The minimum Gasteiger partial charge on any atom is -0.508 e. The summed E-state index contributed by atoms with van der Waals surface area (Å²) < 4.78 is 0. The summed E-state index contributed by atoms with van der Waals surface area (Å²) in [4.78, 5) is 0. The summed E-state index contributed by atoms with van der Waals surface area (Å²) in [6.07, 6.45) is 3.41. The molecule has 3 aromatic rings. The number of nitrogens with zero attached hydrogens (tertiary/aromatic N) is 4. The molecule has 0 aromatic heterocycles. The molecule has 0 aliphatic carbocycles. The molecule has 0 unspecified atom stereocenters. The van der Waals surface area contributed by atoms with Gasteiger partial charge in [-0.3, -0.25) is 0 Å². The molecular formula is C23H20N4O. The molecule has 0 amide bonds. The molecular weight excluding hydrogens is 348 g/mol. The van der Waals surface area contributed by atoms with Crippen molar-refractivity contribution in [2.45, 2.75) is 6.92 Å². The number of aryl methyl sites for hydroxylation is 1. The first-order valence-corrected chi connectivity index (χ1v) is 8.72. The zero-order chi connectivity index (χ0) is 19.9. The fraction of sp³-hybridized carbons (Fsp3) is 0.0435. The molecule has 0 fully saturated rings. The van der Waals surface area contributed by atoms with Crippen LogP contribution >= 0.6 is 0 Å². The molecule has 0 atom stereocenters. The molecule has 0 spiro atoms. The monoisotopic (exact) mass is 368 g/mol. The maximum Gasteiger partial charge on any atom is 0.115 e. The van der Waals surface area contributed by atoms with Crippen LogP contribution in [0.2, 0.25) is 0 Å². The van der Waals surface area contributed by atoms with E-state index in [1.165, 1.54) is 5.56 Å². The normalized spacial score (nSPS) is 11.2. The highest BCUT2D eigenvalue weighted by Crippen LogP contribution is 2.34. The predicted octanol–water partition coefficient (Wildman–Crippen LogP) is 7.82. The smallest absolute Gasteiger partial charge is 0.115 e. The van der Waals surface area contributed by atoms with Crippen molar-refractivity contribution in [3.05, 3.63) is 90.5 Å². The van der Waals surface area contributed by atoms with Crippen molar-refractivity contribution in [1.82, 2.24) is 0 Å². The average Bonchev–Trinajstić information content (AvgIpc) is 2.72. The third-order valence-electron chi connectivity index (χ3n) is 4.08. The number of rotatable bonds is 6. The number of phenols is 1. The molecule has 28 heavy (non-hydrogen) atoms. The second kappa shape index (κ2) is 8.68. The Bertz CT molecular complexity index is 963. The minimum atomic E-state index is 0.183. The van der Waals surface area contributed by atoms with Crippen LogP contribution in [-0.2, 0) is 0 Å². The lowest BCUT2D eigenvalue weighted by Crippen LogP contribution is -1.83. The largest absolute Gasteiger partial charge is 0.508 e. The molecule has 0 aliphatic rings. The van der Waals surface area contributed by atoms with E-state index < -0.39 is 0 Å². The van der Waals surface area contributed by atoms with Crippen LogP contribution in [0.3, 0.4) is 0 Å². The molecule has 5 heteroatoms. The summed E-state index contributed by atoms with van der Waals surface area (Å²) in [5, 5.41) is 26.5. The minimum absolute atomic E-state index is 0.183. The summed E-state index contributed by atoms with van der Waals surface area (Å²) in [5.41, 5.74) is 5.46. The number of azo groups is 2. The molecule has 0 aliphatic heterocycles. The molecule has 0 saturated carbocycles. The molecule has 0 heterocycles. The van der Waals surface area contributed by atoms with Gasteiger partial charge in [-0.25, -0.2) is 0 Å². The van der Waals surface area contributed by atoms with Gasteiger partial charge in [0.1, 0.15) is 5.75 Å². The molecule has 3 aromatic carbocycles. The zero-order valence-electron chi connectivity index (χ0n) is 15.6. The molecule has 0 saturated heterocycles. The second-order valence-electron chi connectivity index (χ2n) is 6.09. The first-order chi connectivity index (χ1) is 13.6. The second-order valence-corrected chi connectivity index (χ2v) is 6.09. The van der Waals surface area contributed by atoms with Crippen molar-refractivity contribution in [1.29, 1.82) is 0 Å². The first-order valence-electron chi connectivity index (χ1n) is 8.72. The van der Waals surface area contributed by atoms with Crippen molar-refractivity contribution in [2.75, 3.05) is 0 Å². The highest BCUT2D eigenvalue weighted by Gasteiger charge is 2.09. The molecule has 138 valence electrons. The van der Waals surface area contributed by atoms with Crippen LogP contribution in [0.5, 0.6) is 5.75 Å². The van der Waals surface area contributed by atoms with E-state index in [1.54, 1.807) is 36.4 Å². The SMILES string of the molecule is C=Cc1c(N=Nc2ccc(C)cc2)ccc(N=Nc2ccc(O)cc2)c1C=C. The quantitative estimate of drug-likeness (QED) is 0.443. The number of benzene rings is 3. The first kappa shape index (κ1) is 18.9. The molecule has 5 nitrogen and oxygen atoms in total. The fourth-order valence-electron chi connectivity index (χ4n) is 2.57. The topological polar surface area (TPSA) is 69.7 Å². The van der Waals surface area contributed by atoms with Gasteiger partial charge in [-0.15, -0.1) is 10.2 Å². The molecule has 3 rings (SSSR count). The number of aromatic hydroxyl groups is 1. The van der Waals surface area contributed by atoms with Gasteiger partial charge in [0.25, 0.3) is 0 Å². The van der Waals surface area contributed by atoms with Crippen LogP contribution in [0.25, 0.3) is 12.2 Å².